The summed E-state index contributed by atoms with van der Waals surface area (Å²) in [5.41, 5.74) is 2.94. The summed E-state index contributed by atoms with van der Waals surface area (Å²) in [5, 5.41) is 14.2. The Kier molecular flexibility index (Phi) is 4.61. The molecule has 0 saturated carbocycles. The number of benzene rings is 2. The van der Waals surface area contributed by atoms with E-state index in [4.69, 9.17) is 23.2 Å². The first-order valence-corrected chi connectivity index (χ1v) is 6.40. The first-order chi connectivity index (χ1) is 9.59. The third kappa shape index (κ3) is 3.29. The second kappa shape index (κ2) is 6.41. The van der Waals surface area contributed by atoms with Crippen LogP contribution in [-0.4, -0.2) is 17.2 Å². The van der Waals surface area contributed by atoms with Gasteiger partial charge in [0.2, 0.25) is 0 Å². The molecule has 4 nitrogen and oxygen atoms in total. The molecule has 2 aromatic carbocycles. The lowest BCUT2D eigenvalue weighted by molar-refractivity contribution is 0.0952. The van der Waals surface area contributed by atoms with Gasteiger partial charge in [0, 0.05) is 5.56 Å². The van der Waals surface area contributed by atoms with Gasteiger partial charge in [-0.2, -0.15) is 5.10 Å². The summed E-state index contributed by atoms with van der Waals surface area (Å²) in [4.78, 5) is 11.8. The fourth-order valence-electron chi connectivity index (χ4n) is 1.52. The molecule has 0 bridgehead atoms. The molecule has 0 aliphatic rings. The van der Waals surface area contributed by atoms with Crippen LogP contribution in [0.25, 0.3) is 0 Å². The second-order valence-corrected chi connectivity index (χ2v) is 4.67. The van der Waals surface area contributed by atoms with Crippen LogP contribution in [0.3, 0.4) is 0 Å². The molecule has 2 aromatic rings. The van der Waals surface area contributed by atoms with Gasteiger partial charge < -0.3 is 5.11 Å². The van der Waals surface area contributed by atoms with Crippen LogP contribution in [0.2, 0.25) is 10.0 Å². The molecule has 0 radical (unpaired) electrons. The molecule has 0 fully saturated rings. The minimum atomic E-state index is -0.525. The number of halogens is 2. The summed E-state index contributed by atoms with van der Waals surface area (Å²) < 4.78 is 0. The lowest BCUT2D eigenvalue weighted by Gasteiger charge is -2.03. The molecule has 0 atom stereocenters. The highest BCUT2D eigenvalue weighted by Gasteiger charge is 2.09. The van der Waals surface area contributed by atoms with Crippen LogP contribution in [0.5, 0.6) is 5.75 Å². The number of phenolic OH excluding ortho intramolecular Hbond substituents is 1. The van der Waals surface area contributed by atoms with Crippen molar-refractivity contribution in [2.75, 3.05) is 0 Å². The summed E-state index contributed by atoms with van der Waals surface area (Å²) in [7, 11) is 0. The van der Waals surface area contributed by atoms with Crippen molar-refractivity contribution in [2.24, 2.45) is 5.10 Å². The summed E-state index contributed by atoms with van der Waals surface area (Å²) in [6, 6.07) is 11.2. The SMILES string of the molecule is O=C(N/N=C\c1c(Cl)cccc1Cl)c1ccccc1O. The highest BCUT2D eigenvalue weighted by Crippen LogP contribution is 2.22. The number of aromatic hydroxyl groups is 1. The Bertz CT molecular complexity index is 652. The van der Waals surface area contributed by atoms with Gasteiger partial charge in [-0.3, -0.25) is 4.79 Å². The van der Waals surface area contributed by atoms with Gasteiger partial charge in [0.1, 0.15) is 5.75 Å². The number of carbonyl (C=O) groups excluding carboxylic acids is 1. The van der Waals surface area contributed by atoms with Crippen molar-refractivity contribution in [2.45, 2.75) is 0 Å². The quantitative estimate of drug-likeness (QED) is 0.674. The molecule has 0 aromatic heterocycles. The number of phenols is 1. The smallest absolute Gasteiger partial charge is 0.275 e. The fraction of sp³-hybridized carbons (Fsp3) is 0. The molecule has 0 unspecified atom stereocenters. The average Bonchev–Trinajstić information content (AvgIpc) is 2.42. The Hall–Kier alpha value is -2.04. The zero-order valence-corrected chi connectivity index (χ0v) is 11.7. The average molecular weight is 309 g/mol. The van der Waals surface area contributed by atoms with Crippen LogP contribution in [0.1, 0.15) is 15.9 Å². The lowest BCUT2D eigenvalue weighted by atomic mass is 10.2. The molecule has 102 valence electrons. The largest absolute Gasteiger partial charge is 0.507 e. The summed E-state index contributed by atoms with van der Waals surface area (Å²) in [5.74, 6) is -0.640. The van der Waals surface area contributed by atoms with E-state index < -0.39 is 5.91 Å². The second-order valence-electron chi connectivity index (χ2n) is 3.85. The topological polar surface area (TPSA) is 61.7 Å². The van der Waals surface area contributed by atoms with Crippen LogP contribution in [0.4, 0.5) is 0 Å². The van der Waals surface area contributed by atoms with E-state index in [0.717, 1.165) is 0 Å². The van der Waals surface area contributed by atoms with E-state index in [0.29, 0.717) is 15.6 Å². The molecule has 0 saturated heterocycles. The van der Waals surface area contributed by atoms with Crippen LogP contribution in [0, 0.1) is 0 Å². The Balaban J connectivity index is 2.11. The first-order valence-electron chi connectivity index (χ1n) is 5.65. The fourth-order valence-corrected chi connectivity index (χ4v) is 2.01. The molecule has 0 aliphatic heterocycles. The number of hydrogen-bond donors (Lipinski definition) is 2. The Morgan fingerprint density at radius 3 is 2.40 bits per heavy atom. The molecule has 6 heteroatoms. The predicted molar refractivity (Wildman–Crippen MR) is 79.6 cm³/mol. The highest BCUT2D eigenvalue weighted by molar-refractivity contribution is 6.38. The highest BCUT2D eigenvalue weighted by atomic mass is 35.5. The zero-order chi connectivity index (χ0) is 14.5. The molecule has 2 N–H and O–H groups in total. The van der Waals surface area contributed by atoms with Crippen molar-refractivity contribution in [1.29, 1.82) is 0 Å². The van der Waals surface area contributed by atoms with Gasteiger partial charge >= 0.3 is 0 Å². The number of nitrogens with one attached hydrogen (secondary N) is 1. The van der Waals surface area contributed by atoms with E-state index >= 15 is 0 Å². The molecule has 0 spiro atoms. The lowest BCUT2D eigenvalue weighted by Crippen LogP contribution is -2.17. The summed E-state index contributed by atoms with van der Waals surface area (Å²) in [6.45, 7) is 0. The van der Waals surface area contributed by atoms with E-state index in [1.54, 1.807) is 30.3 Å². The van der Waals surface area contributed by atoms with Gasteiger partial charge in [-0.05, 0) is 24.3 Å². The Morgan fingerprint density at radius 2 is 1.75 bits per heavy atom. The van der Waals surface area contributed by atoms with Crippen molar-refractivity contribution in [3.05, 3.63) is 63.6 Å². The molecular weight excluding hydrogens is 299 g/mol. The Morgan fingerprint density at radius 1 is 1.10 bits per heavy atom. The normalized spacial score (nSPS) is 10.7. The maximum Gasteiger partial charge on any atom is 0.275 e. The third-order valence-corrected chi connectivity index (χ3v) is 3.17. The van der Waals surface area contributed by atoms with Crippen molar-refractivity contribution in [3.8, 4) is 5.75 Å². The maximum absolute atomic E-state index is 11.8. The van der Waals surface area contributed by atoms with E-state index in [2.05, 4.69) is 10.5 Å². The van der Waals surface area contributed by atoms with Crippen molar-refractivity contribution in [3.63, 3.8) is 0 Å². The monoisotopic (exact) mass is 308 g/mol. The molecule has 20 heavy (non-hydrogen) atoms. The van der Waals surface area contributed by atoms with Crippen molar-refractivity contribution >= 4 is 35.3 Å². The Labute approximate surface area is 125 Å². The van der Waals surface area contributed by atoms with E-state index in [-0.39, 0.29) is 11.3 Å². The number of hydrogen-bond acceptors (Lipinski definition) is 3. The van der Waals surface area contributed by atoms with Crippen LogP contribution in [0.15, 0.2) is 47.6 Å². The van der Waals surface area contributed by atoms with Gasteiger partial charge in [0.15, 0.2) is 0 Å². The summed E-state index contributed by atoms with van der Waals surface area (Å²) in [6.07, 6.45) is 1.35. The first kappa shape index (κ1) is 14.4. The molecule has 1 amide bonds. The van der Waals surface area contributed by atoms with E-state index in [9.17, 15) is 9.90 Å². The van der Waals surface area contributed by atoms with E-state index in [1.165, 1.54) is 18.3 Å². The van der Waals surface area contributed by atoms with Crippen LogP contribution in [-0.2, 0) is 0 Å². The van der Waals surface area contributed by atoms with Gasteiger partial charge in [-0.1, -0.05) is 41.4 Å². The zero-order valence-electron chi connectivity index (χ0n) is 10.2. The van der Waals surface area contributed by atoms with Crippen molar-refractivity contribution in [1.82, 2.24) is 5.43 Å². The molecular formula is C14H10Cl2N2O2. The number of rotatable bonds is 3. The van der Waals surface area contributed by atoms with Gasteiger partial charge in [-0.15, -0.1) is 0 Å². The third-order valence-electron chi connectivity index (χ3n) is 2.51. The van der Waals surface area contributed by atoms with Gasteiger partial charge in [0.25, 0.3) is 5.91 Å². The number of nitrogens with zero attached hydrogens (tertiary/aromatic N) is 1. The molecule has 0 aliphatic carbocycles. The van der Waals surface area contributed by atoms with E-state index in [1.807, 2.05) is 0 Å². The standard InChI is InChI=1S/C14H10Cl2N2O2/c15-11-5-3-6-12(16)10(11)8-17-18-14(20)9-4-1-2-7-13(9)19/h1-8,19H,(H,18,20)/b17-8-. The minimum absolute atomic E-state index is 0.115. The number of hydrazone groups is 1. The summed E-state index contributed by atoms with van der Waals surface area (Å²) >= 11 is 11.9. The number of carbonyl (C=O) groups is 1. The number of para-hydroxylation sites is 1. The minimum Gasteiger partial charge on any atom is -0.507 e. The van der Waals surface area contributed by atoms with Gasteiger partial charge in [0.05, 0.1) is 21.8 Å². The molecule has 0 heterocycles. The van der Waals surface area contributed by atoms with Crippen LogP contribution >= 0.6 is 23.2 Å². The van der Waals surface area contributed by atoms with Gasteiger partial charge in [-0.25, -0.2) is 5.43 Å². The maximum atomic E-state index is 11.8. The predicted octanol–water partition coefficient (Wildman–Crippen LogP) is 3.46. The van der Waals surface area contributed by atoms with Crippen molar-refractivity contribution < 1.29 is 9.90 Å². The van der Waals surface area contributed by atoms with Crippen LogP contribution < -0.4 is 5.43 Å². The molecule has 2 rings (SSSR count). The number of amides is 1.